The molecule has 2 aromatic rings. The van der Waals surface area contributed by atoms with Gasteiger partial charge < -0.3 is 4.90 Å². The molecule has 1 aliphatic rings. The number of thiazole rings is 1. The van der Waals surface area contributed by atoms with Crippen molar-refractivity contribution in [2.24, 2.45) is 5.92 Å². The molecule has 1 fully saturated rings. The first-order valence-electron chi connectivity index (χ1n) is 5.91. The van der Waals surface area contributed by atoms with Gasteiger partial charge in [0.05, 0.1) is 15.2 Å². The normalized spacial score (nSPS) is 20.0. The van der Waals surface area contributed by atoms with Gasteiger partial charge in [0, 0.05) is 24.5 Å². The van der Waals surface area contributed by atoms with Crippen LogP contribution in [0.4, 0.5) is 5.69 Å². The Bertz CT molecular complexity index is 610. The van der Waals surface area contributed by atoms with Crippen LogP contribution in [0.5, 0.6) is 0 Å². The van der Waals surface area contributed by atoms with Crippen molar-refractivity contribution < 1.29 is 4.79 Å². The number of nitrogens with zero attached hydrogens (tertiary/aromatic N) is 2. The van der Waals surface area contributed by atoms with Gasteiger partial charge in [-0.3, -0.25) is 4.79 Å². The van der Waals surface area contributed by atoms with E-state index in [2.05, 4.69) is 11.1 Å². The lowest BCUT2D eigenvalue weighted by atomic mass is 10.1. The zero-order valence-electron chi connectivity index (χ0n) is 10.0. The summed E-state index contributed by atoms with van der Waals surface area (Å²) in [5.74, 6) is 0.990. The number of anilines is 1. The topological polar surface area (TPSA) is 33.2 Å². The molecule has 0 bridgehead atoms. The smallest absolute Gasteiger partial charge is 0.227 e. The summed E-state index contributed by atoms with van der Waals surface area (Å²) in [6.45, 7) is 2.72. The first-order valence-corrected chi connectivity index (χ1v) is 7.26. The van der Waals surface area contributed by atoms with Gasteiger partial charge in [-0.25, -0.2) is 4.98 Å². The summed E-state index contributed by atoms with van der Waals surface area (Å²) in [6, 6.07) is 6.00. The zero-order valence-corrected chi connectivity index (χ0v) is 11.6. The maximum Gasteiger partial charge on any atom is 0.227 e. The molecule has 0 aliphatic carbocycles. The van der Waals surface area contributed by atoms with E-state index in [-0.39, 0.29) is 11.8 Å². The van der Waals surface area contributed by atoms with Crippen LogP contribution < -0.4 is 4.90 Å². The minimum Gasteiger partial charge on any atom is -0.312 e. The second-order valence-electron chi connectivity index (χ2n) is 4.61. The number of halogens is 1. The SMILES string of the molecule is Cc1nc2ccc(N3CC(CCl)CC3=O)cc2s1. The van der Waals surface area contributed by atoms with Crippen molar-refractivity contribution in [2.75, 3.05) is 17.3 Å². The number of fused-ring (bicyclic) bond motifs is 1. The maximum absolute atomic E-state index is 11.9. The summed E-state index contributed by atoms with van der Waals surface area (Å²) in [4.78, 5) is 18.2. The Morgan fingerprint density at radius 3 is 3.11 bits per heavy atom. The van der Waals surface area contributed by atoms with Crippen LogP contribution in [0.25, 0.3) is 10.2 Å². The number of hydrogen-bond donors (Lipinski definition) is 0. The van der Waals surface area contributed by atoms with Gasteiger partial charge in [0.1, 0.15) is 0 Å². The molecule has 0 saturated carbocycles. The molecule has 0 radical (unpaired) electrons. The highest BCUT2D eigenvalue weighted by molar-refractivity contribution is 7.18. The third-order valence-electron chi connectivity index (χ3n) is 3.21. The van der Waals surface area contributed by atoms with E-state index < -0.39 is 0 Å². The van der Waals surface area contributed by atoms with Crippen molar-refractivity contribution in [1.29, 1.82) is 0 Å². The highest BCUT2D eigenvalue weighted by Crippen LogP contribution is 2.30. The van der Waals surface area contributed by atoms with Crippen molar-refractivity contribution in [3.05, 3.63) is 23.2 Å². The number of carbonyl (C=O) groups is 1. The van der Waals surface area contributed by atoms with E-state index in [1.807, 2.05) is 24.0 Å². The summed E-state index contributed by atoms with van der Waals surface area (Å²) < 4.78 is 1.13. The summed E-state index contributed by atoms with van der Waals surface area (Å²) in [6.07, 6.45) is 0.559. The van der Waals surface area contributed by atoms with E-state index >= 15 is 0 Å². The number of rotatable bonds is 2. The van der Waals surface area contributed by atoms with E-state index in [4.69, 9.17) is 11.6 Å². The summed E-state index contributed by atoms with van der Waals surface area (Å²) in [5.41, 5.74) is 1.96. The predicted octanol–water partition coefficient (Wildman–Crippen LogP) is 3.20. The number of aromatic nitrogens is 1. The van der Waals surface area contributed by atoms with Crippen LogP contribution in [-0.2, 0) is 4.79 Å². The average molecular weight is 281 g/mol. The number of benzene rings is 1. The number of carbonyl (C=O) groups excluding carboxylic acids is 1. The fourth-order valence-corrected chi connectivity index (χ4v) is 3.40. The van der Waals surface area contributed by atoms with Crippen LogP contribution >= 0.6 is 22.9 Å². The van der Waals surface area contributed by atoms with Gasteiger partial charge in [-0.05, 0) is 31.0 Å². The number of alkyl halides is 1. The Balaban J connectivity index is 1.96. The molecule has 1 amide bonds. The Labute approximate surface area is 114 Å². The molecule has 94 valence electrons. The van der Waals surface area contributed by atoms with E-state index in [1.165, 1.54) is 0 Å². The summed E-state index contributed by atoms with van der Waals surface area (Å²) in [5, 5.41) is 1.05. The number of hydrogen-bond acceptors (Lipinski definition) is 3. The largest absolute Gasteiger partial charge is 0.312 e. The third kappa shape index (κ3) is 1.99. The van der Waals surface area contributed by atoms with Crippen LogP contribution in [0.3, 0.4) is 0 Å². The molecule has 0 N–H and O–H groups in total. The molecule has 1 aromatic heterocycles. The van der Waals surface area contributed by atoms with Crippen LogP contribution in [0.1, 0.15) is 11.4 Å². The summed E-state index contributed by atoms with van der Waals surface area (Å²) >= 11 is 7.50. The standard InChI is InChI=1S/C13H13ClN2OS/c1-8-15-11-3-2-10(5-12(11)18-8)16-7-9(6-14)4-13(16)17/h2-3,5,9H,4,6-7H2,1H3. The van der Waals surface area contributed by atoms with Crippen molar-refractivity contribution >= 4 is 44.7 Å². The van der Waals surface area contributed by atoms with Crippen LogP contribution in [0, 0.1) is 12.8 Å². The molecule has 1 atom stereocenters. The fourth-order valence-electron chi connectivity index (χ4n) is 2.33. The minimum absolute atomic E-state index is 0.168. The van der Waals surface area contributed by atoms with Gasteiger partial charge >= 0.3 is 0 Å². The Morgan fingerprint density at radius 2 is 2.39 bits per heavy atom. The third-order valence-corrected chi connectivity index (χ3v) is 4.58. The molecular weight excluding hydrogens is 268 g/mol. The van der Waals surface area contributed by atoms with Gasteiger partial charge in [-0.2, -0.15) is 0 Å². The first kappa shape index (κ1) is 11.9. The lowest BCUT2D eigenvalue weighted by Gasteiger charge is -2.16. The Kier molecular flexibility index (Phi) is 2.99. The molecule has 1 unspecified atom stereocenters. The van der Waals surface area contributed by atoms with Crippen LogP contribution in [0.2, 0.25) is 0 Å². The van der Waals surface area contributed by atoms with Crippen molar-refractivity contribution in [2.45, 2.75) is 13.3 Å². The monoisotopic (exact) mass is 280 g/mol. The Morgan fingerprint density at radius 1 is 1.56 bits per heavy atom. The molecule has 0 spiro atoms. The van der Waals surface area contributed by atoms with Gasteiger partial charge in [-0.1, -0.05) is 0 Å². The average Bonchev–Trinajstić information content (AvgIpc) is 2.89. The van der Waals surface area contributed by atoms with E-state index in [0.717, 1.165) is 27.5 Å². The minimum atomic E-state index is 0.168. The van der Waals surface area contributed by atoms with Crippen molar-refractivity contribution in [3.8, 4) is 0 Å². The Hall–Kier alpha value is -1.13. The van der Waals surface area contributed by atoms with Crippen LogP contribution in [-0.4, -0.2) is 23.3 Å². The second kappa shape index (κ2) is 4.52. The molecule has 18 heavy (non-hydrogen) atoms. The molecular formula is C13H13ClN2OS. The van der Waals surface area contributed by atoms with Crippen molar-refractivity contribution in [3.63, 3.8) is 0 Å². The molecule has 3 nitrogen and oxygen atoms in total. The fraction of sp³-hybridized carbons (Fsp3) is 0.385. The molecule has 1 saturated heterocycles. The van der Waals surface area contributed by atoms with Crippen LogP contribution in [0.15, 0.2) is 18.2 Å². The second-order valence-corrected chi connectivity index (χ2v) is 6.16. The molecule has 2 heterocycles. The maximum atomic E-state index is 11.9. The molecule has 1 aliphatic heterocycles. The van der Waals surface area contributed by atoms with E-state index in [9.17, 15) is 4.79 Å². The highest BCUT2D eigenvalue weighted by Gasteiger charge is 2.30. The quantitative estimate of drug-likeness (QED) is 0.792. The van der Waals surface area contributed by atoms with Gasteiger partial charge in [-0.15, -0.1) is 22.9 Å². The lowest BCUT2D eigenvalue weighted by molar-refractivity contribution is -0.117. The number of amides is 1. The van der Waals surface area contributed by atoms with Gasteiger partial charge in [0.25, 0.3) is 0 Å². The molecule has 3 rings (SSSR count). The van der Waals surface area contributed by atoms with E-state index in [1.54, 1.807) is 11.3 Å². The molecule has 1 aromatic carbocycles. The van der Waals surface area contributed by atoms with Crippen molar-refractivity contribution in [1.82, 2.24) is 4.98 Å². The first-order chi connectivity index (χ1) is 8.67. The number of aryl methyl sites for hydroxylation is 1. The lowest BCUT2D eigenvalue weighted by Crippen LogP contribution is -2.24. The predicted molar refractivity (Wildman–Crippen MR) is 75.5 cm³/mol. The highest BCUT2D eigenvalue weighted by atomic mass is 35.5. The summed E-state index contributed by atoms with van der Waals surface area (Å²) in [7, 11) is 0. The molecule has 5 heteroatoms. The van der Waals surface area contributed by atoms with E-state index in [0.29, 0.717) is 12.3 Å². The van der Waals surface area contributed by atoms with Gasteiger partial charge in [0.15, 0.2) is 0 Å². The van der Waals surface area contributed by atoms with Gasteiger partial charge in [0.2, 0.25) is 5.91 Å². The zero-order chi connectivity index (χ0) is 12.7.